The molecule has 30 heavy (non-hydrogen) atoms. The molecule has 0 fully saturated rings. The summed E-state index contributed by atoms with van der Waals surface area (Å²) in [7, 11) is 1.54. The van der Waals surface area contributed by atoms with Gasteiger partial charge in [-0.3, -0.25) is 19.2 Å². The average Bonchev–Trinajstić information content (AvgIpc) is 2.68. The second-order valence-corrected chi connectivity index (χ2v) is 9.19. The lowest BCUT2D eigenvalue weighted by atomic mass is 9.82. The Hall–Kier alpha value is -2.41. The van der Waals surface area contributed by atoms with Crippen LogP contribution in [0.5, 0.6) is 0 Å². The van der Waals surface area contributed by atoms with Crippen molar-refractivity contribution in [3.05, 3.63) is 35.9 Å². The lowest BCUT2D eigenvalue weighted by Gasteiger charge is -2.32. The molecule has 1 rings (SSSR count). The van der Waals surface area contributed by atoms with E-state index < -0.39 is 23.3 Å². The van der Waals surface area contributed by atoms with Crippen LogP contribution in [0.3, 0.4) is 0 Å². The van der Waals surface area contributed by atoms with Crippen molar-refractivity contribution >= 4 is 17.7 Å². The van der Waals surface area contributed by atoms with Crippen molar-refractivity contribution in [2.45, 2.75) is 60.6 Å². The van der Waals surface area contributed by atoms with E-state index in [1.807, 2.05) is 65.0 Å². The van der Waals surface area contributed by atoms with Crippen LogP contribution in [0, 0.1) is 23.2 Å². The Bertz CT molecular complexity index is 698. The number of benzene rings is 1. The molecule has 0 saturated heterocycles. The first-order valence-corrected chi connectivity index (χ1v) is 10.4. The van der Waals surface area contributed by atoms with E-state index in [1.165, 1.54) is 0 Å². The minimum atomic E-state index is -0.700. The highest BCUT2D eigenvalue weighted by Gasteiger charge is 2.37. The minimum Gasteiger partial charge on any atom is -0.357 e. The first kappa shape index (κ1) is 25.6. The predicted octanol–water partition coefficient (Wildman–Crippen LogP) is 2.81. The van der Waals surface area contributed by atoms with E-state index in [4.69, 9.17) is 4.84 Å². The molecule has 1 unspecified atom stereocenters. The summed E-state index contributed by atoms with van der Waals surface area (Å²) in [5, 5.41) is 5.46. The van der Waals surface area contributed by atoms with Gasteiger partial charge in [-0.05, 0) is 23.3 Å². The first-order chi connectivity index (χ1) is 14.0. The van der Waals surface area contributed by atoms with Gasteiger partial charge in [-0.2, -0.15) is 0 Å². The smallest absolute Gasteiger partial charge is 0.247 e. The van der Waals surface area contributed by atoms with Crippen LogP contribution in [0.15, 0.2) is 30.3 Å². The lowest BCUT2D eigenvalue weighted by Crippen LogP contribution is -2.55. The van der Waals surface area contributed by atoms with E-state index in [1.54, 1.807) is 14.0 Å². The van der Waals surface area contributed by atoms with Crippen LogP contribution in [-0.4, -0.2) is 30.8 Å². The molecule has 3 atom stereocenters. The maximum atomic E-state index is 13.1. The van der Waals surface area contributed by atoms with Crippen LogP contribution >= 0.6 is 0 Å². The molecule has 0 aliphatic heterocycles. The summed E-state index contributed by atoms with van der Waals surface area (Å²) in [6, 6.07) is 8.79. The zero-order chi connectivity index (χ0) is 22.9. The standard InChI is InChI=1S/C23H37N3O4/c1-15(2)13-18(21(28)25-19(22(29)24-7)23(4,5)6)16(3)20(27)26-30-14-17-11-9-8-10-12-17/h8-12,15-16,18-19H,13-14H2,1-7H3,(H,24,29)(H,25,28)(H,26,27)/t16-,18?,19+/m0/s1. The van der Waals surface area contributed by atoms with Crippen LogP contribution in [0.1, 0.15) is 53.5 Å². The third-order valence-corrected chi connectivity index (χ3v) is 4.99. The summed E-state index contributed by atoms with van der Waals surface area (Å²) < 4.78 is 0. The van der Waals surface area contributed by atoms with Crippen LogP contribution < -0.4 is 16.1 Å². The van der Waals surface area contributed by atoms with Crippen molar-refractivity contribution < 1.29 is 19.2 Å². The highest BCUT2D eigenvalue weighted by Crippen LogP contribution is 2.24. The predicted molar refractivity (Wildman–Crippen MR) is 117 cm³/mol. The molecule has 3 amide bonds. The highest BCUT2D eigenvalue weighted by molar-refractivity contribution is 5.91. The molecule has 0 bridgehead atoms. The normalized spacial score (nSPS) is 14.5. The zero-order valence-electron chi connectivity index (χ0n) is 19.2. The van der Waals surface area contributed by atoms with Crippen LogP contribution in [0.4, 0.5) is 0 Å². The third-order valence-electron chi connectivity index (χ3n) is 4.99. The van der Waals surface area contributed by atoms with Gasteiger partial charge in [-0.25, -0.2) is 5.48 Å². The summed E-state index contributed by atoms with van der Waals surface area (Å²) in [5.74, 6) is -1.93. The van der Waals surface area contributed by atoms with Gasteiger partial charge >= 0.3 is 0 Å². The minimum absolute atomic E-state index is 0.203. The van der Waals surface area contributed by atoms with E-state index in [0.717, 1.165) is 5.56 Å². The van der Waals surface area contributed by atoms with Gasteiger partial charge in [-0.1, -0.05) is 71.9 Å². The number of nitrogens with one attached hydrogen (secondary N) is 3. The van der Waals surface area contributed by atoms with Crippen molar-refractivity contribution in [3.8, 4) is 0 Å². The fourth-order valence-corrected chi connectivity index (χ4v) is 3.16. The fraction of sp³-hybridized carbons (Fsp3) is 0.609. The van der Waals surface area contributed by atoms with Crippen molar-refractivity contribution in [3.63, 3.8) is 0 Å². The second kappa shape index (κ2) is 11.7. The Morgan fingerprint density at radius 2 is 1.57 bits per heavy atom. The summed E-state index contributed by atoms with van der Waals surface area (Å²) >= 11 is 0. The van der Waals surface area contributed by atoms with Gasteiger partial charge in [0.1, 0.15) is 6.04 Å². The van der Waals surface area contributed by atoms with E-state index >= 15 is 0 Å². The third kappa shape index (κ3) is 8.14. The number of hydrogen-bond donors (Lipinski definition) is 3. The Morgan fingerprint density at radius 1 is 0.967 bits per heavy atom. The topological polar surface area (TPSA) is 96.5 Å². The maximum Gasteiger partial charge on any atom is 0.247 e. The van der Waals surface area contributed by atoms with E-state index in [9.17, 15) is 14.4 Å². The van der Waals surface area contributed by atoms with Crippen LogP contribution in [-0.2, 0) is 25.8 Å². The number of carbonyl (C=O) groups is 3. The molecule has 1 aromatic carbocycles. The van der Waals surface area contributed by atoms with Crippen LogP contribution in [0.25, 0.3) is 0 Å². The summed E-state index contributed by atoms with van der Waals surface area (Å²) in [5.41, 5.74) is 2.92. The fourth-order valence-electron chi connectivity index (χ4n) is 3.16. The van der Waals surface area contributed by atoms with Crippen molar-refractivity contribution in [1.29, 1.82) is 0 Å². The van der Waals surface area contributed by atoms with Crippen molar-refractivity contribution in [2.24, 2.45) is 23.2 Å². The van der Waals surface area contributed by atoms with Gasteiger partial charge < -0.3 is 10.6 Å². The molecule has 0 spiro atoms. The van der Waals surface area contributed by atoms with Crippen molar-refractivity contribution in [2.75, 3.05) is 7.05 Å². The molecular formula is C23H37N3O4. The molecule has 7 nitrogen and oxygen atoms in total. The molecule has 0 heterocycles. The molecule has 7 heteroatoms. The molecule has 1 aromatic rings. The molecule has 0 aliphatic carbocycles. The van der Waals surface area contributed by atoms with E-state index in [0.29, 0.717) is 6.42 Å². The number of hydrogen-bond acceptors (Lipinski definition) is 4. The molecule has 3 N–H and O–H groups in total. The first-order valence-electron chi connectivity index (χ1n) is 10.4. The molecule has 0 aromatic heterocycles. The van der Waals surface area contributed by atoms with Gasteiger partial charge in [-0.15, -0.1) is 0 Å². The monoisotopic (exact) mass is 419 g/mol. The largest absolute Gasteiger partial charge is 0.357 e. The van der Waals surface area contributed by atoms with Gasteiger partial charge in [0.05, 0.1) is 6.61 Å². The molecule has 0 radical (unpaired) electrons. The lowest BCUT2D eigenvalue weighted by molar-refractivity contribution is -0.145. The number of likely N-dealkylation sites (N-methyl/N-ethyl adjacent to an activating group) is 1. The van der Waals surface area contributed by atoms with Crippen LogP contribution in [0.2, 0.25) is 0 Å². The van der Waals surface area contributed by atoms with Gasteiger partial charge in [0.25, 0.3) is 0 Å². The second-order valence-electron chi connectivity index (χ2n) is 9.19. The van der Waals surface area contributed by atoms with E-state index in [-0.39, 0.29) is 30.2 Å². The van der Waals surface area contributed by atoms with Gasteiger partial charge in [0.2, 0.25) is 17.7 Å². The molecular weight excluding hydrogens is 382 g/mol. The summed E-state index contributed by atoms with van der Waals surface area (Å²) in [6.07, 6.45) is 0.518. The number of rotatable bonds is 10. The summed E-state index contributed by atoms with van der Waals surface area (Å²) in [4.78, 5) is 43.4. The van der Waals surface area contributed by atoms with Crippen molar-refractivity contribution in [1.82, 2.24) is 16.1 Å². The summed E-state index contributed by atoms with van der Waals surface area (Å²) in [6.45, 7) is 11.6. The number of hydroxylamine groups is 1. The Balaban J connectivity index is 2.83. The quantitative estimate of drug-likeness (QED) is 0.508. The number of carbonyl (C=O) groups excluding carboxylic acids is 3. The Morgan fingerprint density at radius 3 is 2.07 bits per heavy atom. The molecule has 0 aliphatic rings. The highest BCUT2D eigenvalue weighted by atomic mass is 16.6. The molecule has 168 valence electrons. The average molecular weight is 420 g/mol. The molecule has 0 saturated carbocycles. The number of amides is 3. The Labute approximate surface area is 180 Å². The SMILES string of the molecule is CNC(=O)[C@@H](NC(=O)C(CC(C)C)[C@H](C)C(=O)NOCc1ccccc1)C(C)(C)C. The van der Waals surface area contributed by atoms with E-state index in [2.05, 4.69) is 16.1 Å². The van der Waals surface area contributed by atoms with Gasteiger partial charge in [0.15, 0.2) is 0 Å². The maximum absolute atomic E-state index is 13.1. The zero-order valence-corrected chi connectivity index (χ0v) is 19.2. The van der Waals surface area contributed by atoms with Gasteiger partial charge in [0, 0.05) is 18.9 Å². The Kier molecular flexibility index (Phi) is 9.99.